The van der Waals surface area contributed by atoms with Crippen LogP contribution in [0.4, 0.5) is 13.2 Å². The molecule has 0 spiro atoms. The number of halogens is 3. The second-order valence-electron chi connectivity index (χ2n) is 7.34. The number of esters is 1. The number of thiophene rings is 1. The van der Waals surface area contributed by atoms with Crippen molar-refractivity contribution >= 4 is 46.0 Å². The second-order valence-corrected chi connectivity index (χ2v) is 8.39. The zero-order valence-electron chi connectivity index (χ0n) is 19.6. The van der Waals surface area contributed by atoms with Gasteiger partial charge in [0.15, 0.2) is 0 Å². The number of aromatic amines is 1. The number of carbonyl (C=O) groups is 4. The number of aliphatic carboxylic acids is 1. The van der Waals surface area contributed by atoms with E-state index in [1.54, 1.807) is 12.3 Å². The largest absolute Gasteiger partial charge is 0.490 e. The van der Waals surface area contributed by atoms with Crippen LogP contribution in [-0.4, -0.2) is 64.9 Å². The number of nitrogens with one attached hydrogen (secondary N) is 3. The van der Waals surface area contributed by atoms with Crippen molar-refractivity contribution < 1.29 is 42.2 Å². The number of aryl methyl sites for hydroxylation is 1. The van der Waals surface area contributed by atoms with Gasteiger partial charge in [-0.2, -0.15) is 18.3 Å². The summed E-state index contributed by atoms with van der Waals surface area (Å²) in [7, 11) is 1.23. The smallest absolute Gasteiger partial charge is 0.475 e. The number of benzene rings is 1. The fraction of sp³-hybridized carbons (Fsp3) is 0.318. The molecule has 15 heteroatoms. The Kier molecular flexibility index (Phi) is 10.1. The summed E-state index contributed by atoms with van der Waals surface area (Å²) in [6, 6.07) is 6.47. The van der Waals surface area contributed by atoms with E-state index >= 15 is 0 Å². The first-order chi connectivity index (χ1) is 17.4. The number of ether oxygens (including phenoxy) is 1. The molecule has 0 aliphatic heterocycles. The molecule has 1 atom stereocenters. The predicted octanol–water partition coefficient (Wildman–Crippen LogP) is 1.98. The quantitative estimate of drug-likeness (QED) is 0.268. The molecular weight excluding hydrogens is 519 g/mol. The molecule has 3 rings (SSSR count). The molecule has 0 saturated heterocycles. The molecule has 3 aromatic rings. The maximum atomic E-state index is 12.7. The van der Waals surface area contributed by atoms with Crippen LogP contribution in [0.1, 0.15) is 37.4 Å². The highest BCUT2D eigenvalue weighted by Crippen LogP contribution is 2.24. The molecule has 11 nitrogen and oxygen atoms in total. The number of nitrogens with zero attached hydrogens (tertiary/aromatic N) is 1. The minimum Gasteiger partial charge on any atom is -0.475 e. The number of carboxylic acids is 1. The molecule has 0 bridgehead atoms. The Morgan fingerprint density at radius 3 is 2.46 bits per heavy atom. The number of carbonyl (C=O) groups excluding carboxylic acids is 3. The first kappa shape index (κ1) is 29.3. The normalized spacial score (nSPS) is 11.7. The Labute approximate surface area is 212 Å². The van der Waals surface area contributed by atoms with Crippen molar-refractivity contribution in [1.29, 1.82) is 0 Å². The Morgan fingerprint density at radius 1 is 1.22 bits per heavy atom. The van der Waals surface area contributed by atoms with Gasteiger partial charge in [-0.05, 0) is 29.7 Å². The minimum atomic E-state index is -5.08. The molecule has 0 fully saturated rings. The predicted molar refractivity (Wildman–Crippen MR) is 127 cm³/mol. The fourth-order valence-electron chi connectivity index (χ4n) is 3.02. The zero-order valence-corrected chi connectivity index (χ0v) is 20.5. The number of hydrogen-bond acceptors (Lipinski definition) is 8. The van der Waals surface area contributed by atoms with E-state index in [2.05, 4.69) is 25.6 Å². The van der Waals surface area contributed by atoms with Crippen molar-refractivity contribution in [3.63, 3.8) is 0 Å². The molecule has 37 heavy (non-hydrogen) atoms. The highest BCUT2D eigenvalue weighted by Gasteiger charge is 2.38. The third kappa shape index (κ3) is 7.75. The van der Waals surface area contributed by atoms with Gasteiger partial charge >= 0.3 is 18.1 Å². The summed E-state index contributed by atoms with van der Waals surface area (Å²) in [6.45, 7) is 2.13. The molecule has 1 unspecified atom stereocenters. The van der Waals surface area contributed by atoms with Crippen LogP contribution in [0.5, 0.6) is 0 Å². The number of carboxylic acid groups (broad SMARTS) is 1. The Hall–Kier alpha value is -3.98. The van der Waals surface area contributed by atoms with Crippen LogP contribution in [-0.2, 0) is 27.3 Å². The number of alkyl halides is 3. The van der Waals surface area contributed by atoms with Gasteiger partial charge in [0.25, 0.3) is 11.8 Å². The van der Waals surface area contributed by atoms with E-state index in [0.29, 0.717) is 22.7 Å². The number of hydrogen-bond donors (Lipinski definition) is 5. The van der Waals surface area contributed by atoms with Gasteiger partial charge < -0.3 is 26.2 Å². The maximum Gasteiger partial charge on any atom is 0.490 e. The second kappa shape index (κ2) is 12.8. The van der Waals surface area contributed by atoms with Gasteiger partial charge in [0.1, 0.15) is 6.04 Å². The third-order valence-corrected chi connectivity index (χ3v) is 6.08. The summed E-state index contributed by atoms with van der Waals surface area (Å²) in [6.07, 6.45) is -2.80. The van der Waals surface area contributed by atoms with Crippen LogP contribution in [0.25, 0.3) is 10.9 Å². The first-order valence-corrected chi connectivity index (χ1v) is 11.4. The van der Waals surface area contributed by atoms with Crippen molar-refractivity contribution in [3.05, 3.63) is 51.3 Å². The third-order valence-electron chi connectivity index (χ3n) is 4.90. The molecule has 0 saturated carbocycles. The number of fused-ring (bicyclic) bond motifs is 1. The van der Waals surface area contributed by atoms with E-state index in [1.165, 1.54) is 7.11 Å². The summed E-state index contributed by atoms with van der Waals surface area (Å²) >= 11 is 1.08. The van der Waals surface area contributed by atoms with Crippen LogP contribution >= 0.6 is 11.3 Å². The Balaban J connectivity index is 0.000000604. The lowest BCUT2D eigenvalue weighted by molar-refractivity contribution is -0.192. The lowest BCUT2D eigenvalue weighted by atomic mass is 10.1. The highest BCUT2D eigenvalue weighted by molar-refractivity contribution is 7.16. The molecular formula is C22H24F3N5O6S. The molecule has 0 radical (unpaired) electrons. The molecule has 200 valence electrons. The van der Waals surface area contributed by atoms with Gasteiger partial charge in [-0.25, -0.2) is 9.59 Å². The van der Waals surface area contributed by atoms with E-state index in [1.807, 2.05) is 25.1 Å². The van der Waals surface area contributed by atoms with Crippen molar-refractivity contribution in [2.75, 3.05) is 13.7 Å². The molecule has 2 amide bonds. The topological polar surface area (TPSA) is 176 Å². The van der Waals surface area contributed by atoms with Gasteiger partial charge in [-0.15, -0.1) is 11.3 Å². The van der Waals surface area contributed by atoms with Crippen LogP contribution in [0.15, 0.2) is 30.5 Å². The number of nitrogens with two attached hydrogens (primary N) is 1. The lowest BCUT2D eigenvalue weighted by Gasteiger charge is -2.14. The molecule has 6 N–H and O–H groups in total. The van der Waals surface area contributed by atoms with E-state index < -0.39 is 30.1 Å². The van der Waals surface area contributed by atoms with E-state index in [4.69, 9.17) is 15.6 Å². The first-order valence-electron chi connectivity index (χ1n) is 10.6. The van der Waals surface area contributed by atoms with Gasteiger partial charge in [-0.1, -0.05) is 19.1 Å². The summed E-state index contributed by atoms with van der Waals surface area (Å²) in [5, 5.41) is 20.4. The monoisotopic (exact) mass is 543 g/mol. The average Bonchev–Trinajstić information content (AvgIpc) is 3.52. The van der Waals surface area contributed by atoms with E-state index in [0.717, 1.165) is 33.4 Å². The standard InChI is InChI=1S/C20H23N5O4S.C2HF3O2/c1-3-11-7-16(30-17(11)19(27)24-15(8-21)20(28)29-2)18(26)22-9-12-5-4-6-14-13(12)10-23-25-14;3-2(4,5)1(6)7/h4-7,10,15H,3,8-9,21H2,1-2H3,(H,22,26)(H,23,25)(H,24,27);(H,6,7). The molecule has 0 aliphatic rings. The van der Waals surface area contributed by atoms with Crippen LogP contribution in [0, 0.1) is 0 Å². The maximum absolute atomic E-state index is 12.7. The molecule has 2 heterocycles. The molecule has 2 aromatic heterocycles. The Morgan fingerprint density at radius 2 is 1.89 bits per heavy atom. The number of rotatable bonds is 8. The van der Waals surface area contributed by atoms with Gasteiger partial charge in [-0.3, -0.25) is 14.7 Å². The van der Waals surface area contributed by atoms with Crippen molar-refractivity contribution in [2.45, 2.75) is 32.1 Å². The van der Waals surface area contributed by atoms with Crippen LogP contribution in [0.2, 0.25) is 0 Å². The summed E-state index contributed by atoms with van der Waals surface area (Å²) in [5.41, 5.74) is 8.09. The summed E-state index contributed by atoms with van der Waals surface area (Å²) in [5.74, 6) is -4.11. The van der Waals surface area contributed by atoms with Gasteiger partial charge in [0.2, 0.25) is 0 Å². The average molecular weight is 544 g/mol. The Bertz CT molecular complexity index is 1270. The fourth-order valence-corrected chi connectivity index (χ4v) is 4.09. The van der Waals surface area contributed by atoms with Gasteiger partial charge in [0.05, 0.1) is 28.6 Å². The van der Waals surface area contributed by atoms with Gasteiger partial charge in [0, 0.05) is 18.5 Å². The van der Waals surface area contributed by atoms with Crippen molar-refractivity contribution in [1.82, 2.24) is 20.8 Å². The van der Waals surface area contributed by atoms with E-state index in [-0.39, 0.29) is 12.5 Å². The number of amides is 2. The minimum absolute atomic E-state index is 0.0852. The number of H-pyrrole nitrogens is 1. The van der Waals surface area contributed by atoms with Crippen molar-refractivity contribution in [3.8, 4) is 0 Å². The zero-order chi connectivity index (χ0) is 27.8. The summed E-state index contributed by atoms with van der Waals surface area (Å²) in [4.78, 5) is 46.7. The van der Waals surface area contributed by atoms with Crippen molar-refractivity contribution in [2.24, 2.45) is 5.73 Å². The highest BCUT2D eigenvalue weighted by atomic mass is 32.1. The van der Waals surface area contributed by atoms with Crippen LogP contribution < -0.4 is 16.4 Å². The van der Waals surface area contributed by atoms with Crippen LogP contribution in [0.3, 0.4) is 0 Å². The lowest BCUT2D eigenvalue weighted by Crippen LogP contribution is -2.46. The summed E-state index contributed by atoms with van der Waals surface area (Å²) < 4.78 is 36.4. The number of aromatic nitrogens is 2. The molecule has 1 aromatic carbocycles. The van der Waals surface area contributed by atoms with E-state index in [9.17, 15) is 27.6 Å². The SMILES string of the molecule is CCc1cc(C(=O)NCc2cccc3[nH]ncc23)sc1C(=O)NC(CN)C(=O)OC.O=C(O)C(F)(F)F. The number of methoxy groups -OCH3 is 1. The molecule has 0 aliphatic carbocycles.